The highest BCUT2D eigenvalue weighted by Crippen LogP contribution is 2.23. The highest BCUT2D eigenvalue weighted by Gasteiger charge is 2.18. The molecule has 2 aromatic rings. The first kappa shape index (κ1) is 13.0. The Morgan fingerprint density at radius 1 is 1.50 bits per heavy atom. The lowest BCUT2D eigenvalue weighted by molar-refractivity contribution is 0.0472. The Hall–Kier alpha value is -1.40. The number of halogens is 1. The van der Waals surface area contributed by atoms with Gasteiger partial charge in [0.2, 0.25) is 0 Å². The maximum Gasteiger partial charge on any atom is 0.343 e. The third-order valence-corrected chi connectivity index (χ3v) is 3.95. The molecule has 0 fully saturated rings. The lowest BCUT2D eigenvalue weighted by atomic mass is 10.2. The lowest BCUT2D eigenvalue weighted by Crippen LogP contribution is -2.08. The number of aromatic nitrogens is 1. The number of hydrogen-bond donors (Lipinski definition) is 1. The van der Waals surface area contributed by atoms with Crippen molar-refractivity contribution in [2.75, 3.05) is 5.73 Å². The summed E-state index contributed by atoms with van der Waals surface area (Å²) >= 11 is 4.50. The summed E-state index contributed by atoms with van der Waals surface area (Å²) in [6, 6.07) is 7.58. The maximum absolute atomic E-state index is 11.9. The lowest BCUT2D eigenvalue weighted by Gasteiger charge is -2.06. The molecule has 1 aromatic carbocycles. The molecule has 0 amide bonds. The number of nitrogens with zero attached hydrogens (tertiary/aromatic N) is 1. The fourth-order valence-electron chi connectivity index (χ4n) is 1.47. The summed E-state index contributed by atoms with van der Waals surface area (Å²) in [7, 11) is 0. The van der Waals surface area contributed by atoms with Crippen LogP contribution in [-0.4, -0.2) is 10.3 Å². The van der Waals surface area contributed by atoms with Crippen LogP contribution >= 0.6 is 27.5 Å². The van der Waals surface area contributed by atoms with E-state index < -0.39 is 5.97 Å². The largest absolute Gasteiger partial charge is 0.457 e. The molecule has 6 heteroatoms. The van der Waals surface area contributed by atoms with Crippen LogP contribution < -0.4 is 5.73 Å². The molecule has 18 heavy (non-hydrogen) atoms. The first-order valence-corrected chi connectivity index (χ1v) is 6.78. The van der Waals surface area contributed by atoms with E-state index in [0.717, 1.165) is 21.6 Å². The number of nitrogen functional groups attached to an aromatic ring is 1. The van der Waals surface area contributed by atoms with Crippen molar-refractivity contribution in [2.24, 2.45) is 0 Å². The number of anilines is 1. The predicted octanol–water partition coefficient (Wildman–Crippen LogP) is 3.15. The highest BCUT2D eigenvalue weighted by atomic mass is 79.9. The quantitative estimate of drug-likeness (QED) is 0.880. The Morgan fingerprint density at radius 3 is 2.83 bits per heavy atom. The Morgan fingerprint density at radius 2 is 2.22 bits per heavy atom. The van der Waals surface area contributed by atoms with E-state index >= 15 is 0 Å². The maximum atomic E-state index is 11.9. The van der Waals surface area contributed by atoms with Crippen LogP contribution in [0.5, 0.6) is 0 Å². The van der Waals surface area contributed by atoms with E-state index in [9.17, 15) is 4.79 Å². The van der Waals surface area contributed by atoms with E-state index in [-0.39, 0.29) is 6.61 Å². The normalized spacial score (nSPS) is 10.3. The molecule has 0 radical (unpaired) electrons. The average molecular weight is 327 g/mol. The fraction of sp³-hybridized carbons (Fsp3) is 0.167. The van der Waals surface area contributed by atoms with Crippen LogP contribution in [-0.2, 0) is 11.3 Å². The molecule has 0 unspecified atom stereocenters. The van der Waals surface area contributed by atoms with Gasteiger partial charge in [-0.15, -0.1) is 0 Å². The molecule has 0 saturated heterocycles. The van der Waals surface area contributed by atoms with Crippen LogP contribution in [0.3, 0.4) is 0 Å². The van der Waals surface area contributed by atoms with Crippen molar-refractivity contribution in [3.63, 3.8) is 0 Å². The molecule has 0 aliphatic rings. The van der Waals surface area contributed by atoms with Gasteiger partial charge in [0.1, 0.15) is 17.2 Å². The number of aryl methyl sites for hydroxylation is 1. The van der Waals surface area contributed by atoms with Gasteiger partial charge in [-0.2, -0.15) is 4.37 Å². The first-order chi connectivity index (χ1) is 8.59. The molecule has 0 aliphatic heterocycles. The second-order valence-corrected chi connectivity index (χ2v) is 5.33. The summed E-state index contributed by atoms with van der Waals surface area (Å²) in [6.45, 7) is 1.94. The number of benzene rings is 1. The van der Waals surface area contributed by atoms with Crippen molar-refractivity contribution in [2.45, 2.75) is 13.5 Å². The second-order valence-electron chi connectivity index (χ2n) is 3.67. The van der Waals surface area contributed by atoms with Gasteiger partial charge in [-0.05, 0) is 24.5 Å². The van der Waals surface area contributed by atoms with E-state index in [4.69, 9.17) is 10.5 Å². The molecule has 2 rings (SSSR count). The van der Waals surface area contributed by atoms with Crippen molar-refractivity contribution in [3.8, 4) is 0 Å². The van der Waals surface area contributed by atoms with Crippen molar-refractivity contribution < 1.29 is 9.53 Å². The van der Waals surface area contributed by atoms with Gasteiger partial charge in [0.05, 0.1) is 5.69 Å². The zero-order valence-corrected chi connectivity index (χ0v) is 12.0. The van der Waals surface area contributed by atoms with Crippen LogP contribution in [0.1, 0.15) is 21.6 Å². The summed E-state index contributed by atoms with van der Waals surface area (Å²) in [5, 5.41) is 0.393. The molecule has 94 valence electrons. The highest BCUT2D eigenvalue weighted by molar-refractivity contribution is 9.10. The van der Waals surface area contributed by atoms with Gasteiger partial charge < -0.3 is 10.5 Å². The molecule has 1 heterocycles. The van der Waals surface area contributed by atoms with Crippen molar-refractivity contribution in [3.05, 3.63) is 45.6 Å². The van der Waals surface area contributed by atoms with Crippen LogP contribution in [0, 0.1) is 6.92 Å². The summed E-state index contributed by atoms with van der Waals surface area (Å²) in [6.07, 6.45) is 0. The van der Waals surface area contributed by atoms with E-state index in [1.165, 1.54) is 0 Å². The van der Waals surface area contributed by atoms with E-state index in [0.29, 0.717) is 16.3 Å². The molecule has 4 nitrogen and oxygen atoms in total. The van der Waals surface area contributed by atoms with Gasteiger partial charge in [0, 0.05) is 10.0 Å². The van der Waals surface area contributed by atoms with E-state index in [1.54, 1.807) is 6.92 Å². The molecular weight excluding hydrogens is 316 g/mol. The van der Waals surface area contributed by atoms with E-state index in [1.807, 2.05) is 24.3 Å². The van der Waals surface area contributed by atoms with Gasteiger partial charge >= 0.3 is 5.97 Å². The minimum atomic E-state index is -0.436. The molecular formula is C12H11BrN2O2S. The Balaban J connectivity index is 2.08. The number of carbonyl (C=O) groups is 1. The number of carbonyl (C=O) groups excluding carboxylic acids is 1. The average Bonchev–Trinajstić information content (AvgIpc) is 2.68. The second kappa shape index (κ2) is 5.49. The number of rotatable bonds is 3. The van der Waals surface area contributed by atoms with Crippen LogP contribution in [0.15, 0.2) is 28.7 Å². The summed E-state index contributed by atoms with van der Waals surface area (Å²) in [5.74, 6) is -0.436. The molecule has 0 atom stereocenters. The number of hydrogen-bond acceptors (Lipinski definition) is 5. The third-order valence-electron chi connectivity index (χ3n) is 2.41. The molecule has 0 bridgehead atoms. The molecule has 0 saturated carbocycles. The van der Waals surface area contributed by atoms with Gasteiger partial charge in [-0.3, -0.25) is 0 Å². The molecule has 1 aromatic heterocycles. The fourth-order valence-corrected chi connectivity index (χ4v) is 2.51. The SMILES string of the molecule is Cc1nsc(N)c1C(=O)OCc1ccccc1Br. The smallest absolute Gasteiger partial charge is 0.343 e. The standard InChI is InChI=1S/C12H11BrN2O2S/c1-7-10(11(14)18-15-7)12(16)17-6-8-4-2-3-5-9(8)13/h2-5H,6,14H2,1H3. The Kier molecular flexibility index (Phi) is 3.98. The Labute approximate surface area is 117 Å². The topological polar surface area (TPSA) is 65.2 Å². The first-order valence-electron chi connectivity index (χ1n) is 5.22. The van der Waals surface area contributed by atoms with Crippen LogP contribution in [0.2, 0.25) is 0 Å². The minimum absolute atomic E-state index is 0.203. The molecule has 0 aliphatic carbocycles. The minimum Gasteiger partial charge on any atom is -0.457 e. The number of ether oxygens (including phenoxy) is 1. The third kappa shape index (κ3) is 2.70. The van der Waals surface area contributed by atoms with Crippen LogP contribution in [0.4, 0.5) is 5.00 Å². The van der Waals surface area contributed by atoms with Gasteiger partial charge in [-0.25, -0.2) is 4.79 Å². The van der Waals surface area contributed by atoms with Crippen LogP contribution in [0.25, 0.3) is 0 Å². The monoisotopic (exact) mass is 326 g/mol. The number of nitrogens with two attached hydrogens (primary N) is 1. The van der Waals surface area contributed by atoms with Crippen molar-refractivity contribution in [1.82, 2.24) is 4.37 Å². The van der Waals surface area contributed by atoms with E-state index in [2.05, 4.69) is 20.3 Å². The molecule has 2 N–H and O–H groups in total. The zero-order valence-electron chi connectivity index (χ0n) is 9.64. The summed E-state index contributed by atoms with van der Waals surface area (Å²) in [4.78, 5) is 11.9. The van der Waals surface area contributed by atoms with Gasteiger partial charge in [-0.1, -0.05) is 34.1 Å². The van der Waals surface area contributed by atoms with Gasteiger partial charge in [0.15, 0.2) is 0 Å². The Bertz CT molecular complexity index is 564. The summed E-state index contributed by atoms with van der Waals surface area (Å²) < 4.78 is 10.2. The summed E-state index contributed by atoms with van der Waals surface area (Å²) in [5.41, 5.74) is 7.57. The zero-order chi connectivity index (χ0) is 13.1. The predicted molar refractivity (Wildman–Crippen MR) is 74.5 cm³/mol. The number of esters is 1. The van der Waals surface area contributed by atoms with Gasteiger partial charge in [0.25, 0.3) is 0 Å². The van der Waals surface area contributed by atoms with Crippen molar-refractivity contribution in [1.29, 1.82) is 0 Å². The molecule has 0 spiro atoms. The van der Waals surface area contributed by atoms with Crippen molar-refractivity contribution >= 4 is 38.4 Å².